The van der Waals surface area contributed by atoms with E-state index in [1.165, 1.54) is 5.56 Å². The van der Waals surface area contributed by atoms with E-state index < -0.39 is 6.10 Å². The van der Waals surface area contributed by atoms with E-state index in [0.29, 0.717) is 18.9 Å². The van der Waals surface area contributed by atoms with Gasteiger partial charge in [0, 0.05) is 13.7 Å². The van der Waals surface area contributed by atoms with Crippen LogP contribution in [0.25, 0.3) is 0 Å². The lowest BCUT2D eigenvalue weighted by molar-refractivity contribution is -0.127. The summed E-state index contributed by atoms with van der Waals surface area (Å²) in [6.45, 7) is 6.79. The van der Waals surface area contributed by atoms with Gasteiger partial charge in [-0.15, -0.1) is 0 Å². The summed E-state index contributed by atoms with van der Waals surface area (Å²) in [6, 6.07) is 5.80. The van der Waals surface area contributed by atoms with E-state index in [1.54, 1.807) is 14.0 Å². The summed E-state index contributed by atoms with van der Waals surface area (Å²) in [5.41, 5.74) is 2.36. The minimum absolute atomic E-state index is 0.134. The summed E-state index contributed by atoms with van der Waals surface area (Å²) in [5.74, 6) is 0.581. The van der Waals surface area contributed by atoms with Gasteiger partial charge in [0.15, 0.2) is 6.10 Å². The molecule has 0 fully saturated rings. The topological polar surface area (TPSA) is 47.6 Å². The van der Waals surface area contributed by atoms with E-state index in [0.717, 1.165) is 5.56 Å². The molecule has 1 rings (SSSR count). The minimum Gasteiger partial charge on any atom is -0.481 e. The van der Waals surface area contributed by atoms with E-state index in [2.05, 4.69) is 5.32 Å². The number of hydrogen-bond donors (Lipinski definition) is 1. The molecule has 0 aromatic heterocycles. The van der Waals surface area contributed by atoms with Gasteiger partial charge in [-0.05, 0) is 44.0 Å². The van der Waals surface area contributed by atoms with Gasteiger partial charge in [-0.2, -0.15) is 0 Å². The quantitative estimate of drug-likeness (QED) is 0.785. The number of carbonyl (C=O) groups is 1. The SMILES string of the molecule is COCCNC(=O)[C@@H](C)Oc1ccc(C)c(C)c1. The van der Waals surface area contributed by atoms with E-state index in [9.17, 15) is 4.79 Å². The molecule has 4 heteroatoms. The lowest BCUT2D eigenvalue weighted by Gasteiger charge is -2.15. The fourth-order valence-electron chi connectivity index (χ4n) is 1.46. The van der Waals surface area contributed by atoms with Gasteiger partial charge in [-0.3, -0.25) is 4.79 Å². The molecule has 0 aliphatic rings. The van der Waals surface area contributed by atoms with Gasteiger partial charge in [0.05, 0.1) is 6.61 Å². The van der Waals surface area contributed by atoms with Crippen LogP contribution in [0.1, 0.15) is 18.1 Å². The van der Waals surface area contributed by atoms with Gasteiger partial charge in [0.25, 0.3) is 5.91 Å². The number of hydrogen-bond acceptors (Lipinski definition) is 3. The summed E-state index contributed by atoms with van der Waals surface area (Å²) in [4.78, 5) is 11.7. The molecule has 1 aromatic carbocycles. The van der Waals surface area contributed by atoms with E-state index in [1.807, 2.05) is 32.0 Å². The average molecular weight is 251 g/mol. The molecule has 1 aromatic rings. The molecule has 1 amide bonds. The lowest BCUT2D eigenvalue weighted by atomic mass is 10.1. The number of amides is 1. The van der Waals surface area contributed by atoms with Crippen LogP contribution in [0.3, 0.4) is 0 Å². The van der Waals surface area contributed by atoms with E-state index in [-0.39, 0.29) is 5.91 Å². The van der Waals surface area contributed by atoms with Crippen LogP contribution in [0.5, 0.6) is 5.75 Å². The number of methoxy groups -OCH3 is 1. The van der Waals surface area contributed by atoms with Crippen LogP contribution in [0.2, 0.25) is 0 Å². The molecule has 0 radical (unpaired) electrons. The highest BCUT2D eigenvalue weighted by molar-refractivity contribution is 5.80. The molecule has 0 unspecified atom stereocenters. The maximum atomic E-state index is 11.7. The monoisotopic (exact) mass is 251 g/mol. The second kappa shape index (κ2) is 7.01. The Labute approximate surface area is 108 Å². The van der Waals surface area contributed by atoms with Crippen molar-refractivity contribution in [2.75, 3.05) is 20.3 Å². The van der Waals surface area contributed by atoms with Crippen molar-refractivity contribution in [2.24, 2.45) is 0 Å². The molecule has 0 bridgehead atoms. The van der Waals surface area contributed by atoms with E-state index >= 15 is 0 Å². The summed E-state index contributed by atoms with van der Waals surface area (Å²) in [6.07, 6.45) is -0.510. The van der Waals surface area contributed by atoms with Crippen molar-refractivity contribution in [2.45, 2.75) is 26.9 Å². The van der Waals surface area contributed by atoms with Crippen molar-refractivity contribution in [1.82, 2.24) is 5.32 Å². The number of nitrogens with one attached hydrogen (secondary N) is 1. The first-order valence-electron chi connectivity index (χ1n) is 6.05. The van der Waals surface area contributed by atoms with Gasteiger partial charge in [-0.1, -0.05) is 6.07 Å². The second-order valence-corrected chi connectivity index (χ2v) is 4.29. The Kier molecular flexibility index (Phi) is 5.65. The van der Waals surface area contributed by atoms with E-state index in [4.69, 9.17) is 9.47 Å². The zero-order valence-electron chi connectivity index (χ0n) is 11.4. The van der Waals surface area contributed by atoms with Crippen molar-refractivity contribution in [3.05, 3.63) is 29.3 Å². The third-order valence-corrected chi connectivity index (χ3v) is 2.77. The van der Waals surface area contributed by atoms with Gasteiger partial charge in [0.2, 0.25) is 0 Å². The number of ether oxygens (including phenoxy) is 2. The van der Waals surface area contributed by atoms with Crippen LogP contribution in [0, 0.1) is 13.8 Å². The van der Waals surface area contributed by atoms with Gasteiger partial charge >= 0.3 is 0 Å². The number of carbonyl (C=O) groups excluding carboxylic acids is 1. The highest BCUT2D eigenvalue weighted by Gasteiger charge is 2.13. The highest BCUT2D eigenvalue weighted by atomic mass is 16.5. The lowest BCUT2D eigenvalue weighted by Crippen LogP contribution is -2.37. The Balaban J connectivity index is 2.50. The van der Waals surface area contributed by atoms with Crippen LogP contribution in [0.4, 0.5) is 0 Å². The van der Waals surface area contributed by atoms with Crippen molar-refractivity contribution >= 4 is 5.91 Å². The molecule has 0 aliphatic heterocycles. The molecule has 0 heterocycles. The largest absolute Gasteiger partial charge is 0.481 e. The molecule has 0 saturated carbocycles. The fraction of sp³-hybridized carbons (Fsp3) is 0.500. The molecule has 1 N–H and O–H groups in total. The summed E-state index contributed by atoms with van der Waals surface area (Å²) in [7, 11) is 1.60. The first-order chi connectivity index (χ1) is 8.54. The second-order valence-electron chi connectivity index (χ2n) is 4.29. The van der Waals surface area contributed by atoms with Gasteiger partial charge < -0.3 is 14.8 Å². The molecule has 18 heavy (non-hydrogen) atoms. The maximum Gasteiger partial charge on any atom is 0.260 e. The number of aryl methyl sites for hydroxylation is 2. The standard InChI is InChI=1S/C14H21NO3/c1-10-5-6-13(9-11(10)2)18-12(3)14(16)15-7-8-17-4/h5-6,9,12H,7-8H2,1-4H3,(H,15,16)/t12-/m1/s1. The Hall–Kier alpha value is -1.55. The van der Waals surface area contributed by atoms with Gasteiger partial charge in [0.1, 0.15) is 5.75 Å². The number of rotatable bonds is 6. The van der Waals surface area contributed by atoms with Crippen LogP contribution >= 0.6 is 0 Å². The van der Waals surface area contributed by atoms with Gasteiger partial charge in [-0.25, -0.2) is 0 Å². The third kappa shape index (κ3) is 4.37. The molecule has 1 atom stereocenters. The average Bonchev–Trinajstić information content (AvgIpc) is 2.34. The first-order valence-corrected chi connectivity index (χ1v) is 6.05. The normalized spacial score (nSPS) is 12.0. The molecule has 4 nitrogen and oxygen atoms in total. The van der Waals surface area contributed by atoms with Crippen LogP contribution < -0.4 is 10.1 Å². The van der Waals surface area contributed by atoms with Crippen molar-refractivity contribution < 1.29 is 14.3 Å². The summed E-state index contributed by atoms with van der Waals surface area (Å²) < 4.78 is 10.5. The smallest absolute Gasteiger partial charge is 0.260 e. The fourth-order valence-corrected chi connectivity index (χ4v) is 1.46. The zero-order chi connectivity index (χ0) is 13.5. The number of benzene rings is 1. The molecule has 0 saturated heterocycles. The molecular formula is C14H21NO3. The molecule has 100 valence electrons. The Bertz CT molecular complexity index is 404. The predicted molar refractivity (Wildman–Crippen MR) is 70.9 cm³/mol. The van der Waals surface area contributed by atoms with Crippen LogP contribution in [-0.2, 0) is 9.53 Å². The summed E-state index contributed by atoms with van der Waals surface area (Å²) >= 11 is 0. The Morgan fingerprint density at radius 1 is 1.33 bits per heavy atom. The molecular weight excluding hydrogens is 230 g/mol. The maximum absolute atomic E-state index is 11.7. The molecule has 0 spiro atoms. The first kappa shape index (κ1) is 14.5. The molecule has 0 aliphatic carbocycles. The van der Waals surface area contributed by atoms with Crippen molar-refractivity contribution in [1.29, 1.82) is 0 Å². The summed E-state index contributed by atoms with van der Waals surface area (Å²) in [5, 5.41) is 2.74. The van der Waals surface area contributed by atoms with Crippen LogP contribution in [-0.4, -0.2) is 32.3 Å². The van der Waals surface area contributed by atoms with Crippen molar-refractivity contribution in [3.63, 3.8) is 0 Å². The zero-order valence-corrected chi connectivity index (χ0v) is 11.4. The Morgan fingerprint density at radius 3 is 2.67 bits per heavy atom. The minimum atomic E-state index is -0.510. The third-order valence-electron chi connectivity index (χ3n) is 2.77. The Morgan fingerprint density at radius 2 is 2.06 bits per heavy atom. The predicted octanol–water partition coefficient (Wildman–Crippen LogP) is 1.83. The highest BCUT2D eigenvalue weighted by Crippen LogP contribution is 2.17. The van der Waals surface area contributed by atoms with Crippen LogP contribution in [0.15, 0.2) is 18.2 Å². The van der Waals surface area contributed by atoms with Crippen molar-refractivity contribution in [3.8, 4) is 5.75 Å².